The Kier molecular flexibility index (Phi) is 3.31. The normalized spacial score (nSPS) is 12.2. The Balaban J connectivity index is 1.97. The van der Waals surface area contributed by atoms with Crippen molar-refractivity contribution in [3.63, 3.8) is 0 Å². The van der Waals surface area contributed by atoms with Crippen LogP contribution in [-0.2, 0) is 4.79 Å². The molecule has 0 aliphatic heterocycles. The van der Waals surface area contributed by atoms with Gasteiger partial charge >= 0.3 is 5.97 Å². The number of carboxylic acids is 1. The molecular formula is C16H14N2O3. The highest BCUT2D eigenvalue weighted by Gasteiger charge is 2.21. The lowest BCUT2D eigenvalue weighted by Gasteiger charge is -2.17. The van der Waals surface area contributed by atoms with Gasteiger partial charge in [-0.3, -0.25) is 0 Å². The molecule has 3 aromatic rings. The zero-order chi connectivity index (χ0) is 14.8. The molecule has 0 spiro atoms. The minimum atomic E-state index is -0.943. The van der Waals surface area contributed by atoms with Crippen LogP contribution < -0.4 is 5.32 Å². The molecule has 1 heterocycles. The topological polar surface area (TPSA) is 75.4 Å². The van der Waals surface area contributed by atoms with Crippen LogP contribution in [0.15, 0.2) is 53.3 Å². The molecule has 0 radical (unpaired) electrons. The first kappa shape index (κ1) is 13.2. The summed E-state index contributed by atoms with van der Waals surface area (Å²) in [6, 6.07) is 11.9. The van der Waals surface area contributed by atoms with E-state index in [0.717, 1.165) is 11.3 Å². The van der Waals surface area contributed by atoms with Crippen LogP contribution in [-0.4, -0.2) is 16.1 Å². The van der Waals surface area contributed by atoms with Crippen LogP contribution in [0.2, 0.25) is 0 Å². The fourth-order valence-electron chi connectivity index (χ4n) is 2.23. The summed E-state index contributed by atoms with van der Waals surface area (Å²) < 4.78 is 5.17. The number of hydrogen-bond acceptors (Lipinski definition) is 4. The van der Waals surface area contributed by atoms with Crippen molar-refractivity contribution in [3.8, 4) is 0 Å². The van der Waals surface area contributed by atoms with Crippen molar-refractivity contribution >= 4 is 22.8 Å². The molecule has 2 N–H and O–H groups in total. The monoisotopic (exact) mass is 282 g/mol. The van der Waals surface area contributed by atoms with E-state index in [-0.39, 0.29) is 0 Å². The van der Waals surface area contributed by atoms with Gasteiger partial charge in [0.2, 0.25) is 0 Å². The Morgan fingerprint density at radius 3 is 2.86 bits per heavy atom. The number of benzene rings is 2. The summed E-state index contributed by atoms with van der Waals surface area (Å²) in [5.74, 6) is -0.943. The molecule has 5 nitrogen and oxygen atoms in total. The molecule has 5 heteroatoms. The quantitative estimate of drug-likeness (QED) is 0.767. The Morgan fingerprint density at radius 1 is 1.29 bits per heavy atom. The maximum Gasteiger partial charge on any atom is 0.330 e. The van der Waals surface area contributed by atoms with Crippen LogP contribution in [0.25, 0.3) is 11.1 Å². The van der Waals surface area contributed by atoms with Crippen molar-refractivity contribution in [1.82, 2.24) is 4.98 Å². The minimum absolute atomic E-state index is 0.632. The highest BCUT2D eigenvalue weighted by Crippen LogP contribution is 2.25. The van der Waals surface area contributed by atoms with Crippen molar-refractivity contribution in [1.29, 1.82) is 0 Å². The first-order valence-electron chi connectivity index (χ1n) is 6.53. The summed E-state index contributed by atoms with van der Waals surface area (Å²) in [6.45, 7) is 1.93. The van der Waals surface area contributed by atoms with Crippen LogP contribution in [0.5, 0.6) is 0 Å². The molecule has 0 aliphatic carbocycles. The summed E-state index contributed by atoms with van der Waals surface area (Å²) >= 11 is 0. The average Bonchev–Trinajstić information content (AvgIpc) is 2.93. The van der Waals surface area contributed by atoms with Gasteiger partial charge in [0.05, 0.1) is 0 Å². The maximum atomic E-state index is 11.6. The van der Waals surface area contributed by atoms with E-state index >= 15 is 0 Å². The van der Waals surface area contributed by atoms with Gasteiger partial charge < -0.3 is 14.8 Å². The van der Waals surface area contributed by atoms with Crippen molar-refractivity contribution in [3.05, 3.63) is 60.0 Å². The highest BCUT2D eigenvalue weighted by molar-refractivity contribution is 5.82. The number of nitrogens with zero attached hydrogens (tertiary/aromatic N) is 1. The van der Waals surface area contributed by atoms with E-state index in [9.17, 15) is 9.90 Å². The molecule has 3 rings (SSSR count). The number of aliphatic carboxylic acids is 1. The third kappa shape index (κ3) is 2.58. The zero-order valence-corrected chi connectivity index (χ0v) is 11.4. The van der Waals surface area contributed by atoms with E-state index < -0.39 is 12.0 Å². The van der Waals surface area contributed by atoms with Crippen LogP contribution in [0, 0.1) is 6.92 Å². The van der Waals surface area contributed by atoms with Gasteiger partial charge in [-0.15, -0.1) is 0 Å². The third-order valence-corrected chi connectivity index (χ3v) is 3.38. The Hall–Kier alpha value is -2.82. The van der Waals surface area contributed by atoms with Crippen molar-refractivity contribution < 1.29 is 14.3 Å². The smallest absolute Gasteiger partial charge is 0.330 e. The van der Waals surface area contributed by atoms with Crippen LogP contribution in [0.4, 0.5) is 5.69 Å². The van der Waals surface area contributed by atoms with Gasteiger partial charge in [0.25, 0.3) is 0 Å². The summed E-state index contributed by atoms with van der Waals surface area (Å²) in [5.41, 5.74) is 3.70. The van der Waals surface area contributed by atoms with Crippen LogP contribution in [0.3, 0.4) is 0 Å². The van der Waals surface area contributed by atoms with Gasteiger partial charge in [-0.2, -0.15) is 0 Å². The Bertz CT molecular complexity index is 795. The molecule has 2 aromatic carbocycles. The zero-order valence-electron chi connectivity index (χ0n) is 11.4. The van der Waals surface area contributed by atoms with E-state index in [2.05, 4.69) is 10.3 Å². The molecule has 21 heavy (non-hydrogen) atoms. The molecule has 0 fully saturated rings. The van der Waals surface area contributed by atoms with Crippen LogP contribution >= 0.6 is 0 Å². The third-order valence-electron chi connectivity index (χ3n) is 3.38. The predicted octanol–water partition coefficient (Wildman–Crippen LogP) is 3.37. The first-order valence-corrected chi connectivity index (χ1v) is 6.53. The molecular weight excluding hydrogens is 268 g/mol. The highest BCUT2D eigenvalue weighted by atomic mass is 16.4. The summed E-state index contributed by atoms with van der Waals surface area (Å²) in [7, 11) is 0. The van der Waals surface area contributed by atoms with Gasteiger partial charge in [0, 0.05) is 5.69 Å². The minimum Gasteiger partial charge on any atom is -0.479 e. The van der Waals surface area contributed by atoms with Gasteiger partial charge in [-0.1, -0.05) is 24.3 Å². The molecule has 1 unspecified atom stereocenters. The van der Waals surface area contributed by atoms with E-state index in [1.54, 1.807) is 18.2 Å². The second kappa shape index (κ2) is 5.28. The van der Waals surface area contributed by atoms with Crippen LogP contribution in [0.1, 0.15) is 17.2 Å². The largest absolute Gasteiger partial charge is 0.479 e. The Labute approximate surface area is 121 Å². The molecule has 1 atom stereocenters. The number of aromatic nitrogens is 1. The molecule has 0 bridgehead atoms. The van der Waals surface area contributed by atoms with E-state index in [4.69, 9.17) is 4.42 Å². The first-order chi connectivity index (χ1) is 10.1. The fraction of sp³-hybridized carbons (Fsp3) is 0.125. The van der Waals surface area contributed by atoms with Gasteiger partial charge in [0.15, 0.2) is 18.0 Å². The standard InChI is InChI=1S/C16H14N2O3/c1-10-4-2-3-5-12(10)18-15(16(19)20)11-6-7-14-13(8-11)17-9-21-14/h2-9,15,18H,1H3,(H,19,20). The summed E-state index contributed by atoms with van der Waals surface area (Å²) in [6.07, 6.45) is 1.35. The number of nitrogens with one attached hydrogen (secondary N) is 1. The maximum absolute atomic E-state index is 11.6. The number of fused-ring (bicyclic) bond motifs is 1. The number of carbonyl (C=O) groups is 1. The van der Waals surface area contributed by atoms with Gasteiger partial charge in [-0.25, -0.2) is 9.78 Å². The van der Waals surface area contributed by atoms with E-state index in [1.165, 1.54) is 6.39 Å². The lowest BCUT2D eigenvalue weighted by atomic mass is 10.1. The second-order valence-corrected chi connectivity index (χ2v) is 4.81. The number of rotatable bonds is 4. The fourth-order valence-corrected chi connectivity index (χ4v) is 2.23. The Morgan fingerprint density at radius 2 is 2.10 bits per heavy atom. The summed E-state index contributed by atoms with van der Waals surface area (Å²) in [5, 5.41) is 12.6. The number of hydrogen-bond donors (Lipinski definition) is 2. The number of para-hydroxylation sites is 1. The molecule has 1 aromatic heterocycles. The molecule has 106 valence electrons. The van der Waals surface area contributed by atoms with E-state index in [1.807, 2.05) is 31.2 Å². The predicted molar refractivity (Wildman–Crippen MR) is 79.2 cm³/mol. The number of oxazole rings is 1. The summed E-state index contributed by atoms with van der Waals surface area (Å²) in [4.78, 5) is 15.6. The number of carboxylic acid groups (broad SMARTS) is 1. The number of aryl methyl sites for hydroxylation is 1. The van der Waals surface area contributed by atoms with Crippen molar-refractivity contribution in [2.24, 2.45) is 0 Å². The molecule has 0 saturated heterocycles. The lowest BCUT2D eigenvalue weighted by Crippen LogP contribution is -2.20. The second-order valence-electron chi connectivity index (χ2n) is 4.81. The van der Waals surface area contributed by atoms with Gasteiger partial charge in [-0.05, 0) is 36.2 Å². The van der Waals surface area contributed by atoms with E-state index in [0.29, 0.717) is 16.7 Å². The molecule has 0 aliphatic rings. The lowest BCUT2D eigenvalue weighted by molar-refractivity contribution is -0.138. The SMILES string of the molecule is Cc1ccccc1NC(C(=O)O)c1ccc2ocnc2c1. The molecule has 0 saturated carbocycles. The van der Waals surface area contributed by atoms with Crippen molar-refractivity contribution in [2.45, 2.75) is 13.0 Å². The van der Waals surface area contributed by atoms with Gasteiger partial charge in [0.1, 0.15) is 5.52 Å². The van der Waals surface area contributed by atoms with Crippen molar-refractivity contribution in [2.75, 3.05) is 5.32 Å². The molecule has 0 amide bonds. The number of anilines is 1. The average molecular weight is 282 g/mol.